The van der Waals surface area contributed by atoms with Crippen molar-refractivity contribution in [3.05, 3.63) is 34.9 Å². The topological polar surface area (TPSA) is 65.1 Å². The van der Waals surface area contributed by atoms with Gasteiger partial charge in [-0.3, -0.25) is 4.90 Å². The molecule has 0 bridgehead atoms. The Bertz CT molecular complexity index is 631. The summed E-state index contributed by atoms with van der Waals surface area (Å²) in [6, 6.07) is 6.17. The van der Waals surface area contributed by atoms with Gasteiger partial charge in [0.25, 0.3) is 0 Å². The molecule has 1 aromatic rings. The van der Waals surface area contributed by atoms with Crippen LogP contribution in [0.15, 0.2) is 24.3 Å². The lowest BCUT2D eigenvalue weighted by Crippen LogP contribution is -2.50. The average Bonchev–Trinajstić information content (AvgIpc) is 2.49. The molecule has 6 nitrogen and oxygen atoms in total. The molecule has 0 aliphatic carbocycles. The van der Waals surface area contributed by atoms with Crippen LogP contribution in [0.5, 0.6) is 0 Å². The monoisotopic (exact) mass is 399 g/mol. The Morgan fingerprint density at radius 2 is 1.52 bits per heavy atom. The number of benzene rings is 1. The van der Waals surface area contributed by atoms with Crippen LogP contribution in [-0.2, 0) is 25.4 Å². The third-order valence-corrected chi connectivity index (χ3v) is 3.55. The molecule has 0 spiro atoms. The second kappa shape index (κ2) is 9.42. The van der Waals surface area contributed by atoms with E-state index in [1.54, 1.807) is 65.8 Å². The van der Waals surface area contributed by atoms with Crippen molar-refractivity contribution in [1.82, 2.24) is 4.90 Å². The van der Waals surface area contributed by atoms with Gasteiger partial charge >= 0.3 is 12.1 Å². The maximum absolute atomic E-state index is 12.9. The Hall–Kier alpha value is -1.79. The number of amides is 1. The van der Waals surface area contributed by atoms with E-state index in [2.05, 4.69) is 0 Å². The van der Waals surface area contributed by atoms with E-state index in [9.17, 15) is 9.59 Å². The first-order valence-electron chi connectivity index (χ1n) is 8.78. The maximum atomic E-state index is 12.9. The summed E-state index contributed by atoms with van der Waals surface area (Å²) in [5.74, 6) is -0.527. The first kappa shape index (κ1) is 23.2. The van der Waals surface area contributed by atoms with Gasteiger partial charge in [-0.1, -0.05) is 23.7 Å². The Morgan fingerprint density at radius 1 is 1.00 bits per heavy atom. The molecular formula is C20H30ClNO5. The standard InChI is InChI=1S/C20H30ClNO5/c1-19(2,3)26-17(23)16(12-14-8-10-15(21)11-9-14)22(13-25-7)18(24)27-20(4,5)6/h8-11,16H,12-13H2,1-7H3/t16-/m0/s1. The lowest BCUT2D eigenvalue weighted by atomic mass is 10.0. The van der Waals surface area contributed by atoms with Crippen LogP contribution in [0.3, 0.4) is 0 Å². The predicted octanol–water partition coefficient (Wildman–Crippen LogP) is 4.43. The highest BCUT2D eigenvalue weighted by Gasteiger charge is 2.36. The summed E-state index contributed by atoms with van der Waals surface area (Å²) in [4.78, 5) is 26.8. The molecule has 7 heteroatoms. The van der Waals surface area contributed by atoms with Gasteiger partial charge in [0.2, 0.25) is 0 Å². The van der Waals surface area contributed by atoms with Gasteiger partial charge in [0.05, 0.1) is 0 Å². The van der Waals surface area contributed by atoms with Crippen molar-refractivity contribution in [2.24, 2.45) is 0 Å². The molecule has 0 saturated carbocycles. The van der Waals surface area contributed by atoms with Crippen LogP contribution in [0.1, 0.15) is 47.1 Å². The molecule has 0 fully saturated rings. The number of carbonyl (C=O) groups excluding carboxylic acids is 2. The molecule has 0 unspecified atom stereocenters. The zero-order valence-electron chi connectivity index (χ0n) is 17.2. The highest BCUT2D eigenvalue weighted by molar-refractivity contribution is 6.30. The molecule has 27 heavy (non-hydrogen) atoms. The number of nitrogens with zero attached hydrogens (tertiary/aromatic N) is 1. The van der Waals surface area contributed by atoms with Crippen molar-refractivity contribution in [3.8, 4) is 0 Å². The molecule has 0 aromatic heterocycles. The SMILES string of the molecule is COCN(C(=O)OC(C)(C)C)[C@@H](Cc1ccc(Cl)cc1)C(=O)OC(C)(C)C. The zero-order valence-corrected chi connectivity index (χ0v) is 17.9. The second-order valence-corrected chi connectivity index (χ2v) is 8.68. The van der Waals surface area contributed by atoms with Crippen LogP contribution in [0.2, 0.25) is 5.02 Å². The van der Waals surface area contributed by atoms with Crippen LogP contribution in [0, 0.1) is 0 Å². The lowest BCUT2D eigenvalue weighted by Gasteiger charge is -2.33. The summed E-state index contributed by atoms with van der Waals surface area (Å²) in [5, 5.41) is 0.591. The quantitative estimate of drug-likeness (QED) is 0.522. The van der Waals surface area contributed by atoms with Crippen LogP contribution in [-0.4, -0.2) is 48.0 Å². The van der Waals surface area contributed by atoms with Crippen molar-refractivity contribution < 1.29 is 23.8 Å². The highest BCUT2D eigenvalue weighted by Crippen LogP contribution is 2.20. The number of methoxy groups -OCH3 is 1. The Labute approximate surface area is 166 Å². The molecule has 1 rings (SSSR count). The third kappa shape index (κ3) is 8.63. The largest absolute Gasteiger partial charge is 0.458 e. The van der Waals surface area contributed by atoms with E-state index in [4.69, 9.17) is 25.8 Å². The summed E-state index contributed by atoms with van der Waals surface area (Å²) in [6.07, 6.45) is -0.400. The normalized spacial score (nSPS) is 13.0. The van der Waals surface area contributed by atoms with Crippen LogP contribution >= 0.6 is 11.6 Å². The van der Waals surface area contributed by atoms with Gasteiger partial charge in [0.15, 0.2) is 0 Å². The molecule has 0 N–H and O–H groups in total. The summed E-state index contributed by atoms with van der Waals surface area (Å²) in [5.41, 5.74) is -0.566. The Balaban J connectivity index is 3.18. The fourth-order valence-electron chi connectivity index (χ4n) is 2.26. The highest BCUT2D eigenvalue weighted by atomic mass is 35.5. The van der Waals surface area contributed by atoms with Crippen LogP contribution < -0.4 is 0 Å². The third-order valence-electron chi connectivity index (χ3n) is 3.29. The van der Waals surface area contributed by atoms with E-state index >= 15 is 0 Å². The minimum atomic E-state index is -0.903. The zero-order chi connectivity index (χ0) is 20.8. The minimum Gasteiger partial charge on any atom is -0.458 e. The van der Waals surface area contributed by atoms with Gasteiger partial charge in [0, 0.05) is 18.6 Å². The fraction of sp³-hybridized carbons (Fsp3) is 0.600. The van der Waals surface area contributed by atoms with Crippen molar-refractivity contribution in [3.63, 3.8) is 0 Å². The van der Waals surface area contributed by atoms with E-state index in [1.807, 2.05) is 0 Å². The molecule has 0 aliphatic rings. The predicted molar refractivity (Wildman–Crippen MR) is 105 cm³/mol. The Kier molecular flexibility index (Phi) is 8.11. The number of hydrogen-bond acceptors (Lipinski definition) is 5. The first-order valence-corrected chi connectivity index (χ1v) is 9.16. The van der Waals surface area contributed by atoms with E-state index < -0.39 is 29.3 Å². The first-order chi connectivity index (χ1) is 12.3. The van der Waals surface area contributed by atoms with Gasteiger partial charge in [0.1, 0.15) is 24.0 Å². The molecule has 1 atom stereocenters. The van der Waals surface area contributed by atoms with Gasteiger partial charge < -0.3 is 14.2 Å². The summed E-state index contributed by atoms with van der Waals surface area (Å²) in [7, 11) is 1.45. The molecule has 0 saturated heterocycles. The molecule has 1 aromatic carbocycles. The number of ether oxygens (including phenoxy) is 3. The number of halogens is 1. The number of hydrogen-bond donors (Lipinski definition) is 0. The second-order valence-electron chi connectivity index (χ2n) is 8.25. The van der Waals surface area contributed by atoms with E-state index in [0.29, 0.717) is 5.02 Å². The molecule has 0 aliphatic heterocycles. The van der Waals surface area contributed by atoms with Gasteiger partial charge in [-0.05, 0) is 59.2 Å². The van der Waals surface area contributed by atoms with Crippen LogP contribution in [0.4, 0.5) is 4.79 Å². The number of esters is 1. The van der Waals surface area contributed by atoms with Gasteiger partial charge in [-0.2, -0.15) is 0 Å². The van der Waals surface area contributed by atoms with Crippen molar-refractivity contribution >= 4 is 23.7 Å². The number of carbonyl (C=O) groups is 2. The molecular weight excluding hydrogens is 370 g/mol. The van der Waals surface area contributed by atoms with Crippen molar-refractivity contribution in [1.29, 1.82) is 0 Å². The van der Waals surface area contributed by atoms with Crippen molar-refractivity contribution in [2.75, 3.05) is 13.8 Å². The lowest BCUT2D eigenvalue weighted by molar-refractivity contribution is -0.163. The van der Waals surface area contributed by atoms with E-state index in [-0.39, 0.29) is 13.2 Å². The summed E-state index contributed by atoms with van der Waals surface area (Å²) < 4.78 is 16.1. The molecule has 0 radical (unpaired) electrons. The maximum Gasteiger partial charge on any atom is 0.412 e. The van der Waals surface area contributed by atoms with Crippen LogP contribution in [0.25, 0.3) is 0 Å². The number of rotatable bonds is 6. The summed E-state index contributed by atoms with van der Waals surface area (Å²) >= 11 is 5.94. The van der Waals surface area contributed by atoms with E-state index in [0.717, 1.165) is 5.56 Å². The van der Waals surface area contributed by atoms with E-state index in [1.165, 1.54) is 12.0 Å². The average molecular weight is 400 g/mol. The smallest absolute Gasteiger partial charge is 0.412 e. The minimum absolute atomic E-state index is 0.105. The molecule has 0 heterocycles. The van der Waals surface area contributed by atoms with Gasteiger partial charge in [-0.25, -0.2) is 9.59 Å². The summed E-state index contributed by atoms with van der Waals surface area (Å²) in [6.45, 7) is 10.5. The molecule has 1 amide bonds. The Morgan fingerprint density at radius 3 is 1.96 bits per heavy atom. The molecule has 152 valence electrons. The van der Waals surface area contributed by atoms with Crippen molar-refractivity contribution in [2.45, 2.75) is 65.2 Å². The fourth-order valence-corrected chi connectivity index (χ4v) is 2.39. The van der Waals surface area contributed by atoms with Gasteiger partial charge in [-0.15, -0.1) is 0 Å².